The van der Waals surface area contributed by atoms with Gasteiger partial charge in [0.15, 0.2) is 0 Å². The van der Waals surface area contributed by atoms with Crippen molar-refractivity contribution in [2.24, 2.45) is 5.92 Å². The van der Waals surface area contributed by atoms with Gasteiger partial charge < -0.3 is 10.6 Å². The van der Waals surface area contributed by atoms with E-state index in [1.165, 1.54) is 0 Å². The molecule has 0 aromatic heterocycles. The summed E-state index contributed by atoms with van der Waals surface area (Å²) in [6, 6.07) is 10.8. The number of amides is 1. The number of rotatable bonds is 5. The molecule has 138 valence electrons. The first kappa shape index (κ1) is 19.6. The minimum atomic E-state index is -0.964. The molecule has 2 aromatic carbocycles. The van der Waals surface area contributed by atoms with Crippen LogP contribution in [-0.4, -0.2) is 10.2 Å². The van der Waals surface area contributed by atoms with Gasteiger partial charge >= 0.3 is 0 Å². The van der Waals surface area contributed by atoms with Gasteiger partial charge in [-0.05, 0) is 49.2 Å². The molecule has 0 spiro atoms. The average Bonchev–Trinajstić information content (AvgIpc) is 3.26. The number of aryl methyl sites for hydroxylation is 1. The highest BCUT2D eigenvalue weighted by Gasteiger charge is 2.56. The Morgan fingerprint density at radius 3 is 2.56 bits per heavy atom. The van der Waals surface area contributed by atoms with Crippen LogP contribution in [0, 0.1) is 25.2 Å². The number of carbonyl (C=O) groups is 1. The minimum absolute atomic E-state index is 0.215. The van der Waals surface area contributed by atoms with Crippen molar-refractivity contribution in [1.82, 2.24) is 0 Å². The lowest BCUT2D eigenvalue weighted by molar-refractivity contribution is -0.117. The summed E-state index contributed by atoms with van der Waals surface area (Å²) >= 11 is 18.2. The maximum atomic E-state index is 12.2. The molecule has 0 radical (unpaired) electrons. The Labute approximate surface area is 173 Å². The summed E-state index contributed by atoms with van der Waals surface area (Å²) in [5.41, 5.74) is 4.61. The highest BCUT2D eigenvalue weighted by molar-refractivity contribution is 6.52. The fourth-order valence-corrected chi connectivity index (χ4v) is 3.42. The van der Waals surface area contributed by atoms with Crippen LogP contribution in [-0.2, 0) is 4.79 Å². The summed E-state index contributed by atoms with van der Waals surface area (Å²) in [7, 11) is 0. The van der Waals surface area contributed by atoms with Crippen molar-refractivity contribution in [2.75, 3.05) is 10.6 Å². The van der Waals surface area contributed by atoms with Gasteiger partial charge in [-0.3, -0.25) is 4.79 Å². The molecule has 27 heavy (non-hydrogen) atoms. The van der Waals surface area contributed by atoms with Gasteiger partial charge in [-0.1, -0.05) is 30.2 Å². The molecule has 3 rings (SSSR count). The number of hydrogen-bond acceptors (Lipinski definition) is 2. The van der Waals surface area contributed by atoms with Gasteiger partial charge in [0, 0.05) is 22.5 Å². The molecule has 6 heteroatoms. The Morgan fingerprint density at radius 1 is 1.26 bits per heavy atom. The van der Waals surface area contributed by atoms with Crippen LogP contribution < -0.4 is 10.6 Å². The Bertz CT molecular complexity index is 976. The molecule has 1 unspecified atom stereocenters. The van der Waals surface area contributed by atoms with Gasteiger partial charge in [0.05, 0.1) is 16.6 Å². The number of hydrogen-bond donors (Lipinski definition) is 2. The highest BCUT2D eigenvalue weighted by atomic mass is 35.5. The van der Waals surface area contributed by atoms with Crippen molar-refractivity contribution in [1.29, 1.82) is 0 Å². The standard InChI is InChI=1S/C21H17Cl3N2O/c1-4-14-5-7-16(12(2)9-14)13(3)25-19-10-15(6-8-18(19)22)26-20(27)17-11-21(17,23)24/h1,5-10,17,25H,3,11H2,2H3,(H,26,27). The Hall–Kier alpha value is -2.12. The van der Waals surface area contributed by atoms with Crippen LogP contribution in [0.2, 0.25) is 5.02 Å². The first-order valence-corrected chi connectivity index (χ1v) is 9.36. The van der Waals surface area contributed by atoms with Crippen molar-refractivity contribution in [3.05, 3.63) is 64.7 Å². The van der Waals surface area contributed by atoms with E-state index in [0.717, 1.165) is 16.7 Å². The number of nitrogens with one attached hydrogen (secondary N) is 2. The van der Waals surface area contributed by atoms with Gasteiger partial charge in [0.25, 0.3) is 0 Å². The quantitative estimate of drug-likeness (QED) is 0.472. The highest BCUT2D eigenvalue weighted by Crippen LogP contribution is 2.53. The normalized spacial score (nSPS) is 16.9. The molecule has 1 aliphatic carbocycles. The Morgan fingerprint density at radius 2 is 1.96 bits per heavy atom. The topological polar surface area (TPSA) is 41.1 Å². The molecular formula is C21H17Cl3N2O. The van der Waals surface area contributed by atoms with E-state index in [9.17, 15) is 4.79 Å². The second-order valence-electron chi connectivity index (χ2n) is 6.48. The molecule has 1 fully saturated rings. The first-order valence-electron chi connectivity index (χ1n) is 8.23. The maximum Gasteiger partial charge on any atom is 0.230 e. The van der Waals surface area contributed by atoms with Crippen LogP contribution >= 0.6 is 34.8 Å². The van der Waals surface area contributed by atoms with E-state index in [2.05, 4.69) is 23.1 Å². The van der Waals surface area contributed by atoms with Crippen molar-refractivity contribution in [3.63, 3.8) is 0 Å². The van der Waals surface area contributed by atoms with Gasteiger partial charge in [-0.2, -0.15) is 0 Å². The van der Waals surface area contributed by atoms with E-state index in [-0.39, 0.29) is 5.91 Å². The number of carbonyl (C=O) groups excluding carboxylic acids is 1. The molecule has 0 aliphatic heterocycles. The summed E-state index contributed by atoms with van der Waals surface area (Å²) < 4.78 is -0.964. The maximum absolute atomic E-state index is 12.2. The summed E-state index contributed by atoms with van der Waals surface area (Å²) in [5.74, 6) is 1.99. The van der Waals surface area contributed by atoms with Crippen molar-refractivity contribution in [3.8, 4) is 12.3 Å². The molecule has 1 amide bonds. The molecule has 0 saturated heterocycles. The zero-order valence-electron chi connectivity index (χ0n) is 14.6. The third-order valence-electron chi connectivity index (χ3n) is 4.38. The molecule has 2 N–H and O–H groups in total. The molecule has 3 nitrogen and oxygen atoms in total. The Balaban J connectivity index is 1.76. The van der Waals surface area contributed by atoms with Crippen LogP contribution in [0.15, 0.2) is 43.0 Å². The lowest BCUT2D eigenvalue weighted by Gasteiger charge is -2.15. The van der Waals surface area contributed by atoms with E-state index in [0.29, 0.717) is 28.5 Å². The smallest absolute Gasteiger partial charge is 0.230 e. The fourth-order valence-electron chi connectivity index (χ4n) is 2.75. The predicted octanol–water partition coefficient (Wildman–Crippen LogP) is 5.84. The fraction of sp³-hybridized carbons (Fsp3) is 0.190. The largest absolute Gasteiger partial charge is 0.354 e. The lowest BCUT2D eigenvalue weighted by atomic mass is 10.0. The number of benzene rings is 2. The Kier molecular flexibility index (Phi) is 5.44. The molecule has 1 atom stereocenters. The average molecular weight is 420 g/mol. The first-order chi connectivity index (χ1) is 12.7. The number of halogens is 3. The summed E-state index contributed by atoms with van der Waals surface area (Å²) in [6.45, 7) is 6.04. The van der Waals surface area contributed by atoms with Gasteiger partial charge in [0.1, 0.15) is 4.33 Å². The molecule has 2 aromatic rings. The zero-order valence-corrected chi connectivity index (χ0v) is 16.8. The minimum Gasteiger partial charge on any atom is -0.354 e. The van der Waals surface area contributed by atoms with Crippen molar-refractivity contribution < 1.29 is 4.79 Å². The molecule has 1 saturated carbocycles. The number of alkyl halides is 2. The summed E-state index contributed by atoms with van der Waals surface area (Å²) in [5, 5.41) is 6.51. The van der Waals surface area contributed by atoms with Crippen molar-refractivity contribution in [2.45, 2.75) is 17.7 Å². The van der Waals surface area contributed by atoms with E-state index in [1.807, 2.05) is 25.1 Å². The summed E-state index contributed by atoms with van der Waals surface area (Å²) in [6.07, 6.45) is 5.88. The summed E-state index contributed by atoms with van der Waals surface area (Å²) in [4.78, 5) is 12.2. The van der Waals surface area contributed by atoms with Gasteiger partial charge in [-0.15, -0.1) is 29.6 Å². The second kappa shape index (κ2) is 7.48. The number of terminal acetylenes is 1. The zero-order chi connectivity index (χ0) is 19.8. The lowest BCUT2D eigenvalue weighted by Crippen LogP contribution is -2.16. The molecule has 0 heterocycles. The van der Waals surface area contributed by atoms with E-state index in [4.69, 9.17) is 41.2 Å². The van der Waals surface area contributed by atoms with Crippen LogP contribution in [0.1, 0.15) is 23.1 Å². The van der Waals surface area contributed by atoms with Crippen molar-refractivity contribution >= 4 is 57.8 Å². The molecule has 1 aliphatic rings. The van der Waals surface area contributed by atoms with Gasteiger partial charge in [-0.25, -0.2) is 0 Å². The SMILES string of the molecule is C#Cc1ccc(C(=C)Nc2cc(NC(=O)C3CC3(Cl)Cl)ccc2Cl)c(C)c1. The monoisotopic (exact) mass is 418 g/mol. The van der Waals surface area contributed by atoms with Crippen LogP contribution in [0.3, 0.4) is 0 Å². The predicted molar refractivity (Wildman–Crippen MR) is 114 cm³/mol. The van der Waals surface area contributed by atoms with Crippen LogP contribution in [0.4, 0.5) is 11.4 Å². The molecule has 0 bridgehead atoms. The molecular weight excluding hydrogens is 403 g/mol. The number of anilines is 2. The second-order valence-corrected chi connectivity index (χ2v) is 8.43. The van der Waals surface area contributed by atoms with Gasteiger partial charge in [0.2, 0.25) is 5.91 Å². The third kappa shape index (κ3) is 4.42. The van der Waals surface area contributed by atoms with E-state index in [1.54, 1.807) is 18.2 Å². The van der Waals surface area contributed by atoms with E-state index < -0.39 is 10.3 Å². The van der Waals surface area contributed by atoms with E-state index >= 15 is 0 Å². The third-order valence-corrected chi connectivity index (χ3v) is 5.55. The van der Waals surface area contributed by atoms with Crippen LogP contribution in [0.25, 0.3) is 5.70 Å². The van der Waals surface area contributed by atoms with Crippen LogP contribution in [0.5, 0.6) is 0 Å².